The number of nitrogens with one attached hydrogen (secondary N) is 1. The van der Waals surface area contributed by atoms with E-state index in [4.69, 9.17) is 15.4 Å². The summed E-state index contributed by atoms with van der Waals surface area (Å²) >= 11 is 0. The van der Waals surface area contributed by atoms with Crippen LogP contribution in [0.3, 0.4) is 0 Å². The van der Waals surface area contributed by atoms with Gasteiger partial charge in [0.2, 0.25) is 0 Å². The van der Waals surface area contributed by atoms with Crippen LogP contribution < -0.4 is 11.1 Å². The normalized spacial score (nSPS) is 13.0. The van der Waals surface area contributed by atoms with Crippen molar-refractivity contribution < 1.29 is 14.4 Å². The van der Waals surface area contributed by atoms with E-state index >= 15 is 0 Å². The first-order valence-corrected chi connectivity index (χ1v) is 6.32. The van der Waals surface area contributed by atoms with Crippen molar-refractivity contribution in [2.45, 2.75) is 19.9 Å². The second-order valence-corrected chi connectivity index (χ2v) is 4.56. The second kappa shape index (κ2) is 6.08. The monoisotopic (exact) mass is 288 g/mol. The van der Waals surface area contributed by atoms with Crippen LogP contribution in [-0.2, 0) is 0 Å². The molecule has 2 heterocycles. The molecular weight excluding hydrogens is 272 g/mol. The molecule has 0 aliphatic carbocycles. The maximum atomic E-state index is 12.1. The third-order valence-corrected chi connectivity index (χ3v) is 2.94. The Balaban J connectivity index is 2.06. The van der Waals surface area contributed by atoms with Crippen LogP contribution in [0.4, 0.5) is 0 Å². The maximum absolute atomic E-state index is 12.1. The summed E-state index contributed by atoms with van der Waals surface area (Å²) in [4.78, 5) is 16.0. The molecule has 1 amide bonds. The fourth-order valence-corrected chi connectivity index (χ4v) is 1.77. The molecule has 0 fully saturated rings. The summed E-state index contributed by atoms with van der Waals surface area (Å²) in [5, 5.41) is 14.2. The minimum Gasteiger partial charge on any atom is -0.464 e. The lowest BCUT2D eigenvalue weighted by Crippen LogP contribution is -2.27. The molecule has 0 bridgehead atoms. The lowest BCUT2D eigenvalue weighted by atomic mass is 10.2. The number of hydrogen-bond acceptors (Lipinski definition) is 5. The number of rotatable bonds is 4. The fraction of sp³-hybridized carbons (Fsp3) is 0.214. The highest BCUT2D eigenvalue weighted by atomic mass is 16.4. The number of nitrogens with zero attached hydrogens (tertiary/aromatic N) is 2. The molecule has 0 aliphatic rings. The minimum atomic E-state index is -0.331. The first-order valence-electron chi connectivity index (χ1n) is 6.32. The Labute approximate surface area is 121 Å². The first-order chi connectivity index (χ1) is 10.0. The molecule has 0 radical (unpaired) electrons. The standard InChI is InChI=1S/C14H16N4O3/c1-8-3-6-12(21-8)9(2)17-14(19)11-5-4-10(7-16-11)13(15)18-20/h3-7,9,20H,1-2H3,(H2,15,18)(H,17,19). The molecule has 7 nitrogen and oxygen atoms in total. The summed E-state index contributed by atoms with van der Waals surface area (Å²) in [6.45, 7) is 3.66. The van der Waals surface area contributed by atoms with E-state index < -0.39 is 0 Å². The van der Waals surface area contributed by atoms with Crippen LogP contribution in [0.15, 0.2) is 40.0 Å². The van der Waals surface area contributed by atoms with Gasteiger partial charge in [0, 0.05) is 11.8 Å². The Kier molecular flexibility index (Phi) is 4.22. The average Bonchev–Trinajstić information content (AvgIpc) is 2.93. The Morgan fingerprint density at radius 2 is 2.19 bits per heavy atom. The largest absolute Gasteiger partial charge is 0.464 e. The van der Waals surface area contributed by atoms with E-state index in [1.807, 2.05) is 26.0 Å². The predicted molar refractivity (Wildman–Crippen MR) is 76.1 cm³/mol. The summed E-state index contributed by atoms with van der Waals surface area (Å²) in [6.07, 6.45) is 1.37. The topological polar surface area (TPSA) is 114 Å². The van der Waals surface area contributed by atoms with Gasteiger partial charge in [-0.2, -0.15) is 0 Å². The summed E-state index contributed by atoms with van der Waals surface area (Å²) in [7, 11) is 0. The van der Waals surface area contributed by atoms with Crippen LogP contribution in [0, 0.1) is 6.92 Å². The summed E-state index contributed by atoms with van der Waals surface area (Å²) < 4.78 is 5.45. The predicted octanol–water partition coefficient (Wildman–Crippen LogP) is 1.57. The number of oxime groups is 1. The van der Waals surface area contributed by atoms with Crippen molar-refractivity contribution >= 4 is 11.7 Å². The number of hydrogen-bond donors (Lipinski definition) is 3. The highest BCUT2D eigenvalue weighted by Crippen LogP contribution is 2.16. The van der Waals surface area contributed by atoms with Gasteiger partial charge in [-0.3, -0.25) is 9.78 Å². The van der Waals surface area contributed by atoms with Gasteiger partial charge in [-0.25, -0.2) is 0 Å². The molecule has 0 aromatic carbocycles. The van der Waals surface area contributed by atoms with Gasteiger partial charge >= 0.3 is 0 Å². The number of aryl methyl sites for hydroxylation is 1. The van der Waals surface area contributed by atoms with Crippen molar-refractivity contribution in [3.8, 4) is 0 Å². The van der Waals surface area contributed by atoms with Gasteiger partial charge < -0.3 is 20.7 Å². The molecular formula is C14H16N4O3. The zero-order chi connectivity index (χ0) is 15.4. The molecule has 2 rings (SSSR count). The molecule has 21 heavy (non-hydrogen) atoms. The molecule has 0 saturated heterocycles. The van der Waals surface area contributed by atoms with Gasteiger partial charge in [0.1, 0.15) is 17.2 Å². The van der Waals surface area contributed by atoms with Crippen LogP contribution in [0.1, 0.15) is 40.5 Å². The number of amidine groups is 1. The van der Waals surface area contributed by atoms with Gasteiger partial charge in [0.15, 0.2) is 5.84 Å². The van der Waals surface area contributed by atoms with E-state index in [-0.39, 0.29) is 23.5 Å². The lowest BCUT2D eigenvalue weighted by Gasteiger charge is -2.11. The van der Waals surface area contributed by atoms with Crippen molar-refractivity contribution in [3.63, 3.8) is 0 Å². The van der Waals surface area contributed by atoms with E-state index in [2.05, 4.69) is 15.5 Å². The number of amides is 1. The Bertz CT molecular complexity index is 661. The Hall–Kier alpha value is -2.83. The van der Waals surface area contributed by atoms with Gasteiger partial charge in [-0.15, -0.1) is 0 Å². The highest BCUT2D eigenvalue weighted by molar-refractivity contribution is 5.98. The number of pyridine rings is 1. The summed E-state index contributed by atoms with van der Waals surface area (Å²) in [6, 6.07) is 6.44. The number of furan rings is 1. The van der Waals surface area contributed by atoms with Gasteiger partial charge in [-0.1, -0.05) is 5.16 Å². The van der Waals surface area contributed by atoms with Crippen LogP contribution >= 0.6 is 0 Å². The zero-order valence-corrected chi connectivity index (χ0v) is 11.7. The molecule has 2 aromatic heterocycles. The second-order valence-electron chi connectivity index (χ2n) is 4.56. The van der Waals surface area contributed by atoms with Crippen LogP contribution in [-0.4, -0.2) is 21.9 Å². The Morgan fingerprint density at radius 3 is 2.71 bits per heavy atom. The summed E-state index contributed by atoms with van der Waals surface area (Å²) in [5.41, 5.74) is 6.10. The highest BCUT2D eigenvalue weighted by Gasteiger charge is 2.15. The Morgan fingerprint density at radius 1 is 1.43 bits per heavy atom. The molecule has 1 unspecified atom stereocenters. The van der Waals surface area contributed by atoms with Gasteiger partial charge in [0.05, 0.1) is 6.04 Å². The third kappa shape index (κ3) is 3.38. The number of carbonyl (C=O) groups excluding carboxylic acids is 1. The van der Waals surface area contributed by atoms with E-state index in [1.54, 1.807) is 6.07 Å². The molecule has 0 spiro atoms. The molecule has 110 valence electrons. The fourth-order valence-electron chi connectivity index (χ4n) is 1.77. The molecule has 0 aliphatic heterocycles. The molecule has 0 saturated carbocycles. The molecule has 7 heteroatoms. The van der Waals surface area contributed by atoms with Gasteiger partial charge in [-0.05, 0) is 38.1 Å². The van der Waals surface area contributed by atoms with Crippen molar-refractivity contribution in [2.75, 3.05) is 0 Å². The molecule has 4 N–H and O–H groups in total. The lowest BCUT2D eigenvalue weighted by molar-refractivity contribution is 0.0930. The minimum absolute atomic E-state index is 0.0612. The number of aromatic nitrogens is 1. The van der Waals surface area contributed by atoms with E-state index in [9.17, 15) is 4.79 Å². The maximum Gasteiger partial charge on any atom is 0.270 e. The summed E-state index contributed by atoms with van der Waals surface area (Å²) in [5.74, 6) is 1.07. The van der Waals surface area contributed by atoms with Crippen molar-refractivity contribution in [1.29, 1.82) is 0 Å². The van der Waals surface area contributed by atoms with E-state index in [0.717, 1.165) is 5.76 Å². The van der Waals surface area contributed by atoms with Crippen molar-refractivity contribution in [3.05, 3.63) is 53.2 Å². The van der Waals surface area contributed by atoms with Crippen LogP contribution in [0.2, 0.25) is 0 Å². The van der Waals surface area contributed by atoms with Crippen molar-refractivity contribution in [2.24, 2.45) is 10.9 Å². The van der Waals surface area contributed by atoms with E-state index in [1.165, 1.54) is 12.3 Å². The molecule has 2 aromatic rings. The molecule has 1 atom stereocenters. The van der Waals surface area contributed by atoms with Crippen LogP contribution in [0.5, 0.6) is 0 Å². The van der Waals surface area contributed by atoms with Crippen molar-refractivity contribution in [1.82, 2.24) is 10.3 Å². The van der Waals surface area contributed by atoms with Crippen LogP contribution in [0.25, 0.3) is 0 Å². The smallest absolute Gasteiger partial charge is 0.270 e. The number of carbonyl (C=O) groups is 1. The average molecular weight is 288 g/mol. The first kappa shape index (κ1) is 14.6. The third-order valence-electron chi connectivity index (χ3n) is 2.94. The van der Waals surface area contributed by atoms with E-state index in [0.29, 0.717) is 11.3 Å². The SMILES string of the molecule is Cc1ccc(C(C)NC(=O)c2ccc(C(N)=NO)cn2)o1. The number of nitrogens with two attached hydrogens (primary N) is 1. The quantitative estimate of drug-likeness (QED) is 0.342. The zero-order valence-electron chi connectivity index (χ0n) is 11.7. The van der Waals surface area contributed by atoms with Gasteiger partial charge in [0.25, 0.3) is 5.91 Å².